The first kappa shape index (κ1) is 8.76. The van der Waals surface area contributed by atoms with Crippen LogP contribution in [0.15, 0.2) is 24.9 Å². The van der Waals surface area contributed by atoms with Gasteiger partial charge in [-0.2, -0.15) is 0 Å². The van der Waals surface area contributed by atoms with E-state index < -0.39 is 5.97 Å². The number of hydrogen-bond acceptors (Lipinski definition) is 5. The third-order valence-electron chi connectivity index (χ3n) is 1.53. The first-order valence-electron chi connectivity index (χ1n) is 3.72. The lowest BCUT2D eigenvalue weighted by Gasteiger charge is -1.91. The summed E-state index contributed by atoms with van der Waals surface area (Å²) in [7, 11) is 0. The SMILES string of the molecule is O=C(O)c1ncc(-c2cncnc2)s1. The lowest BCUT2D eigenvalue weighted by atomic mass is 10.3. The molecule has 0 radical (unpaired) electrons. The molecule has 5 nitrogen and oxygen atoms in total. The van der Waals surface area contributed by atoms with Gasteiger partial charge < -0.3 is 5.11 Å². The van der Waals surface area contributed by atoms with Crippen LogP contribution in [-0.4, -0.2) is 26.0 Å². The highest BCUT2D eigenvalue weighted by molar-refractivity contribution is 7.16. The number of carboxylic acids is 1. The quantitative estimate of drug-likeness (QED) is 0.803. The van der Waals surface area contributed by atoms with Gasteiger partial charge in [-0.15, -0.1) is 11.3 Å². The average Bonchev–Trinajstić information content (AvgIpc) is 2.68. The van der Waals surface area contributed by atoms with E-state index in [4.69, 9.17) is 5.11 Å². The van der Waals surface area contributed by atoms with Gasteiger partial charge in [0.25, 0.3) is 0 Å². The molecule has 2 aromatic heterocycles. The molecule has 0 amide bonds. The second-order valence-electron chi connectivity index (χ2n) is 2.46. The lowest BCUT2D eigenvalue weighted by Crippen LogP contribution is -1.92. The Morgan fingerprint density at radius 1 is 1.29 bits per heavy atom. The molecular formula is C8H5N3O2S. The standard InChI is InChI=1S/C8H5N3O2S/c12-8(13)7-11-3-6(14-7)5-1-9-4-10-2-5/h1-4H,(H,12,13). The molecule has 6 heteroatoms. The van der Waals surface area contributed by atoms with Crippen molar-refractivity contribution >= 4 is 17.3 Å². The summed E-state index contributed by atoms with van der Waals surface area (Å²) in [5, 5.41) is 8.73. The molecule has 2 aromatic rings. The van der Waals surface area contributed by atoms with Crippen LogP contribution in [0.1, 0.15) is 9.80 Å². The molecule has 14 heavy (non-hydrogen) atoms. The van der Waals surface area contributed by atoms with Gasteiger partial charge in [0.05, 0.1) is 4.88 Å². The van der Waals surface area contributed by atoms with E-state index in [2.05, 4.69) is 15.0 Å². The Hall–Kier alpha value is -1.82. The molecule has 0 aliphatic carbocycles. The normalized spacial score (nSPS) is 10.0. The number of carbonyl (C=O) groups is 1. The molecule has 2 rings (SSSR count). The van der Waals surface area contributed by atoms with Gasteiger partial charge in [-0.05, 0) is 0 Å². The number of aromatic nitrogens is 3. The van der Waals surface area contributed by atoms with Crippen LogP contribution in [0.5, 0.6) is 0 Å². The van der Waals surface area contributed by atoms with Crippen LogP contribution < -0.4 is 0 Å². The summed E-state index contributed by atoms with van der Waals surface area (Å²) in [5.74, 6) is -1.02. The van der Waals surface area contributed by atoms with Gasteiger partial charge in [-0.25, -0.2) is 19.7 Å². The van der Waals surface area contributed by atoms with Crippen LogP contribution in [0.25, 0.3) is 10.4 Å². The van der Waals surface area contributed by atoms with Crippen molar-refractivity contribution in [1.29, 1.82) is 0 Å². The van der Waals surface area contributed by atoms with Gasteiger partial charge in [0.15, 0.2) is 0 Å². The second kappa shape index (κ2) is 3.51. The molecule has 0 unspecified atom stereocenters. The number of hydrogen-bond donors (Lipinski definition) is 1. The Morgan fingerprint density at radius 3 is 2.57 bits per heavy atom. The smallest absolute Gasteiger partial charge is 0.365 e. The fourth-order valence-corrected chi connectivity index (χ4v) is 1.66. The minimum atomic E-state index is -1.02. The molecule has 0 saturated heterocycles. The van der Waals surface area contributed by atoms with E-state index in [1.165, 1.54) is 12.5 Å². The van der Waals surface area contributed by atoms with Crippen molar-refractivity contribution in [3.63, 3.8) is 0 Å². The highest BCUT2D eigenvalue weighted by Gasteiger charge is 2.09. The van der Waals surface area contributed by atoms with Crippen LogP contribution in [0.3, 0.4) is 0 Å². The van der Waals surface area contributed by atoms with Gasteiger partial charge in [-0.3, -0.25) is 0 Å². The molecule has 2 heterocycles. The summed E-state index contributed by atoms with van der Waals surface area (Å²) in [6.07, 6.45) is 6.16. The summed E-state index contributed by atoms with van der Waals surface area (Å²) >= 11 is 1.10. The third-order valence-corrected chi connectivity index (χ3v) is 2.57. The predicted octanol–water partition coefficient (Wildman–Crippen LogP) is 1.30. The van der Waals surface area contributed by atoms with Gasteiger partial charge in [0.1, 0.15) is 6.33 Å². The number of thiazole rings is 1. The van der Waals surface area contributed by atoms with Crippen LogP contribution in [0, 0.1) is 0 Å². The third kappa shape index (κ3) is 1.60. The Labute approximate surface area is 83.1 Å². The van der Waals surface area contributed by atoms with Crippen LogP contribution in [0.2, 0.25) is 0 Å². The van der Waals surface area contributed by atoms with E-state index in [0.717, 1.165) is 21.8 Å². The Balaban J connectivity index is 2.39. The molecule has 0 bridgehead atoms. The van der Waals surface area contributed by atoms with Gasteiger partial charge in [0.2, 0.25) is 5.01 Å². The molecule has 0 aromatic carbocycles. The molecule has 0 atom stereocenters. The summed E-state index contributed by atoms with van der Waals surface area (Å²) in [4.78, 5) is 22.7. The molecule has 70 valence electrons. The van der Waals surface area contributed by atoms with Gasteiger partial charge in [0, 0.05) is 24.2 Å². The van der Waals surface area contributed by atoms with Crippen LogP contribution in [0.4, 0.5) is 0 Å². The van der Waals surface area contributed by atoms with E-state index in [1.54, 1.807) is 12.4 Å². The number of carboxylic acid groups (broad SMARTS) is 1. The van der Waals surface area contributed by atoms with E-state index in [-0.39, 0.29) is 5.01 Å². The molecular weight excluding hydrogens is 202 g/mol. The average molecular weight is 207 g/mol. The second-order valence-corrected chi connectivity index (χ2v) is 3.49. The highest BCUT2D eigenvalue weighted by atomic mass is 32.1. The van der Waals surface area contributed by atoms with E-state index >= 15 is 0 Å². The Morgan fingerprint density at radius 2 is 2.00 bits per heavy atom. The predicted molar refractivity (Wildman–Crippen MR) is 50.1 cm³/mol. The highest BCUT2D eigenvalue weighted by Crippen LogP contribution is 2.24. The summed E-state index contributed by atoms with van der Waals surface area (Å²) in [5.41, 5.74) is 0.775. The first-order valence-corrected chi connectivity index (χ1v) is 4.53. The van der Waals surface area contributed by atoms with Crippen molar-refractivity contribution in [2.24, 2.45) is 0 Å². The summed E-state index contributed by atoms with van der Waals surface area (Å²) in [6, 6.07) is 0. The molecule has 0 spiro atoms. The zero-order valence-electron chi connectivity index (χ0n) is 6.91. The van der Waals surface area contributed by atoms with Crippen LogP contribution in [-0.2, 0) is 0 Å². The summed E-state index contributed by atoms with van der Waals surface area (Å²) in [6.45, 7) is 0. The van der Waals surface area contributed by atoms with E-state index in [9.17, 15) is 4.79 Å². The van der Waals surface area contributed by atoms with Crippen molar-refractivity contribution in [2.75, 3.05) is 0 Å². The molecule has 0 saturated carbocycles. The fraction of sp³-hybridized carbons (Fsp3) is 0. The molecule has 0 aliphatic rings. The van der Waals surface area contributed by atoms with Gasteiger partial charge >= 0.3 is 5.97 Å². The minimum Gasteiger partial charge on any atom is -0.476 e. The number of nitrogens with zero attached hydrogens (tertiary/aromatic N) is 3. The van der Waals surface area contributed by atoms with Crippen LogP contribution >= 0.6 is 11.3 Å². The zero-order valence-corrected chi connectivity index (χ0v) is 7.73. The van der Waals surface area contributed by atoms with Crippen molar-refractivity contribution in [2.45, 2.75) is 0 Å². The minimum absolute atomic E-state index is 0.0730. The molecule has 0 fully saturated rings. The van der Waals surface area contributed by atoms with Gasteiger partial charge in [-0.1, -0.05) is 0 Å². The van der Waals surface area contributed by atoms with Crippen molar-refractivity contribution in [3.05, 3.63) is 29.9 Å². The van der Waals surface area contributed by atoms with Crippen molar-refractivity contribution in [1.82, 2.24) is 15.0 Å². The molecule has 1 N–H and O–H groups in total. The maximum atomic E-state index is 10.6. The lowest BCUT2D eigenvalue weighted by molar-refractivity contribution is 0.0696. The fourth-order valence-electron chi connectivity index (χ4n) is 0.933. The zero-order chi connectivity index (χ0) is 9.97. The topological polar surface area (TPSA) is 76.0 Å². The largest absolute Gasteiger partial charge is 0.476 e. The maximum absolute atomic E-state index is 10.6. The Kier molecular flexibility index (Phi) is 2.19. The van der Waals surface area contributed by atoms with Crippen molar-refractivity contribution < 1.29 is 9.90 Å². The first-order chi connectivity index (χ1) is 6.77. The molecule has 0 aliphatic heterocycles. The number of aromatic carboxylic acids is 1. The summed E-state index contributed by atoms with van der Waals surface area (Å²) < 4.78 is 0. The van der Waals surface area contributed by atoms with Crippen molar-refractivity contribution in [3.8, 4) is 10.4 Å². The number of rotatable bonds is 2. The Bertz CT molecular complexity index is 455. The van der Waals surface area contributed by atoms with E-state index in [0.29, 0.717) is 0 Å². The monoisotopic (exact) mass is 207 g/mol. The maximum Gasteiger partial charge on any atom is 0.365 e. The van der Waals surface area contributed by atoms with E-state index in [1.807, 2.05) is 0 Å².